The molecule has 0 aliphatic carbocycles. The molecule has 0 unspecified atom stereocenters. The minimum Gasteiger partial charge on any atom is -0.493 e. The van der Waals surface area contributed by atoms with Crippen LogP contribution in [-0.4, -0.2) is 40.1 Å². The molecule has 1 aliphatic heterocycles. The summed E-state index contributed by atoms with van der Waals surface area (Å²) in [5, 5.41) is 3.33. The standard InChI is InChI=1S/C20H25N3O2/c1-23(2)17-7-4-6-15(12-17)14-25-18-9-8-16(13-19(18)24-3)20-21-10-5-11-22-20/h4,6-9,12-13H,5,10-11,14H2,1-3H3,(H,21,22). The van der Waals surface area contributed by atoms with Gasteiger partial charge in [0.1, 0.15) is 12.4 Å². The second-order valence-electron chi connectivity index (χ2n) is 6.23. The van der Waals surface area contributed by atoms with E-state index >= 15 is 0 Å². The van der Waals surface area contributed by atoms with Crippen LogP contribution < -0.4 is 19.7 Å². The van der Waals surface area contributed by atoms with E-state index in [2.05, 4.69) is 33.4 Å². The zero-order valence-electron chi connectivity index (χ0n) is 15.1. The first kappa shape index (κ1) is 17.1. The highest BCUT2D eigenvalue weighted by molar-refractivity contribution is 5.99. The summed E-state index contributed by atoms with van der Waals surface area (Å²) in [6.07, 6.45) is 1.08. The van der Waals surface area contributed by atoms with Crippen LogP contribution >= 0.6 is 0 Å². The van der Waals surface area contributed by atoms with Crippen LogP contribution in [0.25, 0.3) is 0 Å². The summed E-state index contributed by atoms with van der Waals surface area (Å²) >= 11 is 0. The molecule has 3 rings (SSSR count). The molecule has 0 aromatic heterocycles. The van der Waals surface area contributed by atoms with Gasteiger partial charge in [-0.05, 0) is 42.3 Å². The van der Waals surface area contributed by atoms with Crippen LogP contribution in [0, 0.1) is 0 Å². The number of anilines is 1. The number of nitrogens with zero attached hydrogens (tertiary/aromatic N) is 2. The van der Waals surface area contributed by atoms with Crippen LogP contribution in [0.3, 0.4) is 0 Å². The van der Waals surface area contributed by atoms with Crippen molar-refractivity contribution in [2.75, 3.05) is 39.2 Å². The average molecular weight is 339 g/mol. The van der Waals surface area contributed by atoms with Crippen molar-refractivity contribution in [2.24, 2.45) is 4.99 Å². The first-order valence-corrected chi connectivity index (χ1v) is 8.53. The Hall–Kier alpha value is -2.69. The highest BCUT2D eigenvalue weighted by Crippen LogP contribution is 2.29. The van der Waals surface area contributed by atoms with Gasteiger partial charge in [-0.1, -0.05) is 12.1 Å². The van der Waals surface area contributed by atoms with E-state index in [1.54, 1.807) is 7.11 Å². The summed E-state index contributed by atoms with van der Waals surface area (Å²) in [5.41, 5.74) is 3.30. The molecule has 1 N–H and O–H groups in total. The van der Waals surface area contributed by atoms with Gasteiger partial charge < -0.3 is 19.7 Å². The second kappa shape index (κ2) is 7.92. The van der Waals surface area contributed by atoms with E-state index in [1.807, 2.05) is 38.4 Å². The number of benzene rings is 2. The summed E-state index contributed by atoms with van der Waals surface area (Å²) in [7, 11) is 5.72. The highest BCUT2D eigenvalue weighted by Gasteiger charge is 2.12. The first-order chi connectivity index (χ1) is 12.2. The van der Waals surface area contributed by atoms with Crippen molar-refractivity contribution in [1.29, 1.82) is 0 Å². The van der Waals surface area contributed by atoms with Gasteiger partial charge in [0.15, 0.2) is 11.5 Å². The van der Waals surface area contributed by atoms with Crippen LogP contribution in [0.15, 0.2) is 47.5 Å². The molecular weight excluding hydrogens is 314 g/mol. The Kier molecular flexibility index (Phi) is 5.43. The molecule has 0 spiro atoms. The monoisotopic (exact) mass is 339 g/mol. The Morgan fingerprint density at radius 2 is 2.00 bits per heavy atom. The minimum atomic E-state index is 0.497. The van der Waals surface area contributed by atoms with Crippen LogP contribution in [0.2, 0.25) is 0 Å². The Morgan fingerprint density at radius 3 is 2.72 bits per heavy atom. The van der Waals surface area contributed by atoms with Gasteiger partial charge in [-0.25, -0.2) is 0 Å². The molecule has 132 valence electrons. The molecular formula is C20H25N3O2. The topological polar surface area (TPSA) is 46.1 Å². The summed E-state index contributed by atoms with van der Waals surface area (Å²) in [4.78, 5) is 6.61. The maximum absolute atomic E-state index is 5.99. The van der Waals surface area contributed by atoms with Gasteiger partial charge in [0, 0.05) is 38.4 Å². The number of methoxy groups -OCH3 is 1. The third kappa shape index (κ3) is 4.24. The number of nitrogens with one attached hydrogen (secondary N) is 1. The lowest BCUT2D eigenvalue weighted by molar-refractivity contribution is 0.284. The van der Waals surface area contributed by atoms with Crippen molar-refractivity contribution in [2.45, 2.75) is 13.0 Å². The van der Waals surface area contributed by atoms with Crippen molar-refractivity contribution >= 4 is 11.5 Å². The van der Waals surface area contributed by atoms with Gasteiger partial charge in [-0.3, -0.25) is 4.99 Å². The Morgan fingerprint density at radius 1 is 1.12 bits per heavy atom. The van der Waals surface area contributed by atoms with Crippen LogP contribution in [-0.2, 0) is 6.61 Å². The van der Waals surface area contributed by atoms with Gasteiger partial charge in [0.25, 0.3) is 0 Å². The zero-order valence-corrected chi connectivity index (χ0v) is 15.1. The SMILES string of the molecule is COc1cc(C2=NCCCN2)ccc1OCc1cccc(N(C)C)c1. The van der Waals surface area contributed by atoms with E-state index in [4.69, 9.17) is 9.47 Å². The number of aliphatic imine (C=N–C) groups is 1. The minimum absolute atomic E-state index is 0.497. The average Bonchev–Trinajstić information content (AvgIpc) is 2.67. The highest BCUT2D eigenvalue weighted by atomic mass is 16.5. The molecule has 0 fully saturated rings. The number of ether oxygens (including phenoxy) is 2. The molecule has 0 saturated carbocycles. The number of hydrogen-bond donors (Lipinski definition) is 1. The number of rotatable bonds is 6. The van der Waals surface area contributed by atoms with Crippen LogP contribution in [0.5, 0.6) is 11.5 Å². The number of amidine groups is 1. The maximum Gasteiger partial charge on any atom is 0.161 e. The maximum atomic E-state index is 5.99. The molecule has 0 bridgehead atoms. The lowest BCUT2D eigenvalue weighted by atomic mass is 10.1. The van der Waals surface area contributed by atoms with Gasteiger partial charge in [-0.2, -0.15) is 0 Å². The number of hydrogen-bond acceptors (Lipinski definition) is 5. The van der Waals surface area contributed by atoms with E-state index in [9.17, 15) is 0 Å². The van der Waals surface area contributed by atoms with E-state index in [-0.39, 0.29) is 0 Å². The summed E-state index contributed by atoms with van der Waals surface area (Å²) in [5.74, 6) is 2.38. The molecule has 0 amide bonds. The van der Waals surface area contributed by atoms with Crippen molar-refractivity contribution in [1.82, 2.24) is 5.32 Å². The molecule has 2 aromatic carbocycles. The lowest BCUT2D eigenvalue weighted by Gasteiger charge is -2.17. The molecule has 1 heterocycles. The van der Waals surface area contributed by atoms with Gasteiger partial charge in [-0.15, -0.1) is 0 Å². The van der Waals surface area contributed by atoms with Crippen LogP contribution in [0.1, 0.15) is 17.5 Å². The molecule has 0 saturated heterocycles. The Labute approximate surface area is 149 Å². The molecule has 25 heavy (non-hydrogen) atoms. The zero-order chi connectivity index (χ0) is 17.6. The summed E-state index contributed by atoms with van der Waals surface area (Å²) < 4.78 is 11.5. The molecule has 0 radical (unpaired) electrons. The van der Waals surface area contributed by atoms with Gasteiger partial charge in [0.05, 0.1) is 7.11 Å². The largest absolute Gasteiger partial charge is 0.493 e. The fraction of sp³-hybridized carbons (Fsp3) is 0.350. The first-order valence-electron chi connectivity index (χ1n) is 8.53. The fourth-order valence-corrected chi connectivity index (χ4v) is 2.75. The van der Waals surface area contributed by atoms with Crippen molar-refractivity contribution in [3.05, 3.63) is 53.6 Å². The quantitative estimate of drug-likeness (QED) is 0.878. The van der Waals surface area contributed by atoms with E-state index in [1.165, 1.54) is 0 Å². The van der Waals surface area contributed by atoms with Gasteiger partial charge in [0.2, 0.25) is 0 Å². The molecule has 0 atom stereocenters. The van der Waals surface area contributed by atoms with Crippen LogP contribution in [0.4, 0.5) is 5.69 Å². The molecule has 1 aliphatic rings. The van der Waals surface area contributed by atoms with Crippen molar-refractivity contribution in [3.8, 4) is 11.5 Å². The van der Waals surface area contributed by atoms with E-state index in [0.29, 0.717) is 6.61 Å². The summed E-state index contributed by atoms with van der Waals surface area (Å²) in [6.45, 7) is 2.32. The summed E-state index contributed by atoms with van der Waals surface area (Å²) in [6, 6.07) is 14.3. The fourth-order valence-electron chi connectivity index (χ4n) is 2.75. The van der Waals surface area contributed by atoms with E-state index in [0.717, 1.165) is 53.7 Å². The normalized spacial score (nSPS) is 13.6. The predicted octanol–water partition coefficient (Wildman–Crippen LogP) is 3.08. The third-order valence-electron chi connectivity index (χ3n) is 4.16. The lowest BCUT2D eigenvalue weighted by Crippen LogP contribution is -2.30. The molecule has 2 aromatic rings. The molecule has 5 heteroatoms. The third-order valence-corrected chi connectivity index (χ3v) is 4.16. The van der Waals surface area contributed by atoms with Crippen molar-refractivity contribution < 1.29 is 9.47 Å². The predicted molar refractivity (Wildman–Crippen MR) is 102 cm³/mol. The van der Waals surface area contributed by atoms with Crippen molar-refractivity contribution in [3.63, 3.8) is 0 Å². The smallest absolute Gasteiger partial charge is 0.161 e. The van der Waals surface area contributed by atoms with Gasteiger partial charge >= 0.3 is 0 Å². The second-order valence-corrected chi connectivity index (χ2v) is 6.23. The van der Waals surface area contributed by atoms with E-state index < -0.39 is 0 Å². The Bertz CT molecular complexity index is 756. The Balaban J connectivity index is 1.74. The molecule has 5 nitrogen and oxygen atoms in total.